The van der Waals surface area contributed by atoms with Crippen LogP contribution in [0.5, 0.6) is 0 Å². The second-order valence-electron chi connectivity index (χ2n) is 11.3. The predicted octanol–water partition coefficient (Wildman–Crippen LogP) is 4.15. The molecule has 3 heterocycles. The number of halogens is 1. The van der Waals surface area contributed by atoms with Gasteiger partial charge in [0.05, 0.1) is 41.8 Å². The van der Waals surface area contributed by atoms with Gasteiger partial charge in [-0.05, 0) is 38.2 Å². The van der Waals surface area contributed by atoms with Crippen LogP contribution in [0.15, 0.2) is 15.7 Å². The molecule has 0 aliphatic carbocycles. The molecule has 0 spiro atoms. The number of hydrogen-bond acceptors (Lipinski definition) is 7. The Labute approximate surface area is 218 Å². The first-order valence-electron chi connectivity index (χ1n) is 12.9. The fraction of sp³-hybridized carbons (Fsp3) is 0.741. The molecule has 2 aliphatic heterocycles. The molecule has 3 rings (SSSR count). The average Bonchev–Trinajstić information content (AvgIpc) is 3.24. The van der Waals surface area contributed by atoms with Gasteiger partial charge in [0.25, 0.3) is 0 Å². The van der Waals surface area contributed by atoms with Gasteiger partial charge in [0.1, 0.15) is 17.7 Å². The molecule has 1 aromatic rings. The Morgan fingerprint density at radius 1 is 1.31 bits per heavy atom. The van der Waals surface area contributed by atoms with Gasteiger partial charge in [-0.2, -0.15) is 0 Å². The number of carbonyl (C=O) groups is 2. The minimum absolute atomic E-state index is 0.0834. The maximum Gasteiger partial charge on any atom is 0.223 e. The lowest BCUT2D eigenvalue weighted by Crippen LogP contribution is -2.48. The summed E-state index contributed by atoms with van der Waals surface area (Å²) < 4.78 is 11.3. The Kier molecular flexibility index (Phi) is 9.08. The van der Waals surface area contributed by atoms with Crippen molar-refractivity contribution < 1.29 is 29.0 Å². The monoisotopic (exact) mass is 524 g/mol. The standard InChI is InChI=1S/C27H41ClN2O6/c1-7-18-24(33)15(2)9-8-10-27(6)22(36-27)12-20(19(28)11-17-14-35-16(3)29-17)30-23(32)13-21(31)26(4,5)25(18)34/h11,14-15,18,20-22,24,31,33H,7-10,12-13H2,1-6H3,(H,30,32)/t15-,18+,20-,21-,22?,24-,27?/m0/s1. The van der Waals surface area contributed by atoms with Crippen LogP contribution in [-0.2, 0) is 14.3 Å². The summed E-state index contributed by atoms with van der Waals surface area (Å²) in [5.41, 5.74) is -1.00. The summed E-state index contributed by atoms with van der Waals surface area (Å²) in [4.78, 5) is 30.7. The Morgan fingerprint density at radius 2 is 2.00 bits per heavy atom. The van der Waals surface area contributed by atoms with E-state index in [2.05, 4.69) is 10.3 Å². The molecule has 2 unspecified atom stereocenters. The van der Waals surface area contributed by atoms with E-state index in [1.54, 1.807) is 26.8 Å². The van der Waals surface area contributed by atoms with Crippen LogP contribution in [0.2, 0.25) is 0 Å². The van der Waals surface area contributed by atoms with Crippen LogP contribution in [0.25, 0.3) is 6.08 Å². The van der Waals surface area contributed by atoms with Crippen molar-refractivity contribution >= 4 is 29.4 Å². The number of rotatable bonds is 3. The van der Waals surface area contributed by atoms with E-state index in [1.807, 2.05) is 20.8 Å². The first-order valence-corrected chi connectivity index (χ1v) is 13.3. The highest BCUT2D eigenvalue weighted by molar-refractivity contribution is 6.32. The van der Waals surface area contributed by atoms with E-state index in [4.69, 9.17) is 20.8 Å². The highest BCUT2D eigenvalue weighted by Gasteiger charge is 2.52. The number of nitrogens with zero attached hydrogens (tertiary/aromatic N) is 1. The summed E-state index contributed by atoms with van der Waals surface area (Å²) in [6.45, 7) is 10.9. The molecule has 202 valence electrons. The van der Waals surface area contributed by atoms with E-state index in [1.165, 1.54) is 6.26 Å². The van der Waals surface area contributed by atoms with Crippen LogP contribution >= 0.6 is 11.6 Å². The number of oxazole rings is 1. The van der Waals surface area contributed by atoms with Crippen molar-refractivity contribution in [3.8, 4) is 0 Å². The van der Waals surface area contributed by atoms with E-state index < -0.39 is 35.5 Å². The Morgan fingerprint density at radius 3 is 2.61 bits per heavy atom. The van der Waals surface area contributed by atoms with E-state index in [0.29, 0.717) is 29.5 Å². The lowest BCUT2D eigenvalue weighted by Gasteiger charge is -2.35. The molecule has 7 atom stereocenters. The predicted molar refractivity (Wildman–Crippen MR) is 137 cm³/mol. The number of aryl methyl sites for hydroxylation is 1. The van der Waals surface area contributed by atoms with Crippen molar-refractivity contribution in [2.75, 3.05) is 0 Å². The number of ether oxygens (including phenoxy) is 1. The third kappa shape index (κ3) is 6.57. The summed E-state index contributed by atoms with van der Waals surface area (Å²) in [6, 6.07) is -0.550. The molecule has 1 amide bonds. The van der Waals surface area contributed by atoms with Crippen molar-refractivity contribution in [1.29, 1.82) is 0 Å². The fourth-order valence-corrected chi connectivity index (χ4v) is 5.46. The summed E-state index contributed by atoms with van der Waals surface area (Å²) in [7, 11) is 0. The minimum atomic E-state index is -1.22. The molecule has 2 saturated heterocycles. The number of aromatic nitrogens is 1. The molecule has 0 saturated carbocycles. The van der Waals surface area contributed by atoms with Crippen molar-refractivity contribution in [3.63, 3.8) is 0 Å². The van der Waals surface area contributed by atoms with Crippen LogP contribution in [0, 0.1) is 24.2 Å². The van der Waals surface area contributed by atoms with Gasteiger partial charge >= 0.3 is 0 Å². The molecule has 0 radical (unpaired) electrons. The Hall–Kier alpha value is -1.74. The number of carbonyl (C=O) groups excluding carboxylic acids is 2. The van der Waals surface area contributed by atoms with Gasteiger partial charge in [-0.25, -0.2) is 4.98 Å². The topological polar surface area (TPSA) is 125 Å². The third-order valence-corrected chi connectivity index (χ3v) is 8.40. The number of hydrogen-bond donors (Lipinski definition) is 3. The molecule has 8 nitrogen and oxygen atoms in total. The van der Waals surface area contributed by atoms with Gasteiger partial charge in [0.2, 0.25) is 5.91 Å². The number of Topliss-reactive ketones (excluding diaryl/α,β-unsaturated/α-hetero) is 1. The molecule has 2 fully saturated rings. The number of fused-ring (bicyclic) bond motifs is 1. The van der Waals surface area contributed by atoms with Gasteiger partial charge in [-0.3, -0.25) is 9.59 Å². The van der Waals surface area contributed by atoms with Crippen LogP contribution in [0.1, 0.15) is 84.7 Å². The largest absolute Gasteiger partial charge is 0.449 e. The first kappa shape index (κ1) is 28.8. The average molecular weight is 525 g/mol. The summed E-state index contributed by atoms with van der Waals surface area (Å²) in [6.07, 6.45) is 4.05. The second kappa shape index (κ2) is 11.3. The Balaban J connectivity index is 1.87. The number of aliphatic hydroxyl groups is 2. The number of epoxide rings is 1. The van der Waals surface area contributed by atoms with Crippen LogP contribution in [0.4, 0.5) is 0 Å². The normalized spacial score (nSPS) is 36.8. The van der Waals surface area contributed by atoms with Crippen molar-refractivity contribution in [2.45, 2.75) is 110 Å². The molecule has 2 aliphatic rings. The lowest BCUT2D eigenvalue weighted by atomic mass is 9.71. The number of aliphatic hydroxyl groups excluding tert-OH is 2. The summed E-state index contributed by atoms with van der Waals surface area (Å²) in [5, 5.41) is 25.3. The Bertz CT molecular complexity index is 975. The quantitative estimate of drug-likeness (QED) is 0.507. The second-order valence-corrected chi connectivity index (χ2v) is 11.7. The van der Waals surface area contributed by atoms with Crippen LogP contribution in [0.3, 0.4) is 0 Å². The van der Waals surface area contributed by atoms with E-state index in [0.717, 1.165) is 19.3 Å². The van der Waals surface area contributed by atoms with Crippen LogP contribution < -0.4 is 5.32 Å². The maximum atomic E-state index is 13.4. The molecule has 0 bridgehead atoms. The van der Waals surface area contributed by atoms with Crippen LogP contribution in [-0.4, -0.2) is 56.8 Å². The molecular formula is C27H41ClN2O6. The van der Waals surface area contributed by atoms with Gasteiger partial charge in [0, 0.05) is 24.3 Å². The fourth-order valence-electron chi connectivity index (χ4n) is 5.20. The van der Waals surface area contributed by atoms with Gasteiger partial charge in [-0.15, -0.1) is 0 Å². The molecule has 9 heteroatoms. The van der Waals surface area contributed by atoms with Crippen molar-refractivity contribution in [2.24, 2.45) is 17.3 Å². The van der Waals surface area contributed by atoms with E-state index >= 15 is 0 Å². The van der Waals surface area contributed by atoms with Crippen molar-refractivity contribution in [3.05, 3.63) is 22.9 Å². The zero-order valence-corrected chi connectivity index (χ0v) is 23.0. The van der Waals surface area contributed by atoms with Gasteiger partial charge in [0.15, 0.2) is 5.89 Å². The minimum Gasteiger partial charge on any atom is -0.449 e. The molecular weight excluding hydrogens is 484 g/mol. The highest BCUT2D eigenvalue weighted by atomic mass is 35.5. The molecule has 1 aromatic heterocycles. The molecule has 3 N–H and O–H groups in total. The smallest absolute Gasteiger partial charge is 0.223 e. The lowest BCUT2D eigenvalue weighted by molar-refractivity contribution is -0.144. The van der Waals surface area contributed by atoms with E-state index in [-0.39, 0.29) is 29.8 Å². The van der Waals surface area contributed by atoms with Gasteiger partial charge in [-0.1, -0.05) is 45.7 Å². The summed E-state index contributed by atoms with van der Waals surface area (Å²) >= 11 is 6.65. The molecule has 0 aromatic carbocycles. The van der Waals surface area contributed by atoms with Crippen molar-refractivity contribution in [1.82, 2.24) is 10.3 Å². The summed E-state index contributed by atoms with van der Waals surface area (Å²) in [5.74, 6) is -0.847. The number of ketones is 1. The number of nitrogens with one attached hydrogen (secondary N) is 1. The highest BCUT2D eigenvalue weighted by Crippen LogP contribution is 2.45. The zero-order valence-electron chi connectivity index (χ0n) is 22.2. The SMILES string of the molecule is CC[C@H]1C(=O)C(C)(C)[C@@H](O)CC(=O)N[C@H](C(Cl)=Cc2coc(C)n2)CC2OC2(C)CCC[C@H](C)[C@@H]1O. The van der Waals surface area contributed by atoms with Gasteiger partial charge < -0.3 is 24.7 Å². The maximum absolute atomic E-state index is 13.4. The number of amides is 1. The van der Waals surface area contributed by atoms with E-state index in [9.17, 15) is 19.8 Å². The molecule has 36 heavy (non-hydrogen) atoms. The first-order chi connectivity index (χ1) is 16.8. The third-order valence-electron chi connectivity index (χ3n) is 8.03. The zero-order chi connectivity index (χ0) is 26.8.